The molecular weight excluding hydrogens is 423 g/mol. The van der Waals surface area contributed by atoms with Crippen molar-refractivity contribution in [2.75, 3.05) is 18.5 Å². The first kappa shape index (κ1) is 22.2. The molecule has 1 aliphatic rings. The van der Waals surface area contributed by atoms with E-state index in [1.165, 1.54) is 4.90 Å². The lowest BCUT2D eigenvalue weighted by atomic mass is 10.0. The molecule has 0 saturated heterocycles. The first-order chi connectivity index (χ1) is 14.3. The first-order valence-corrected chi connectivity index (χ1v) is 10.6. The van der Waals surface area contributed by atoms with Crippen molar-refractivity contribution < 1.29 is 14.3 Å². The normalized spacial score (nSPS) is 14.1. The molecule has 1 N–H and O–H groups in total. The maximum Gasteiger partial charge on any atom is 0.278 e. The average molecular weight is 447 g/mol. The van der Waals surface area contributed by atoms with Gasteiger partial charge in [0.25, 0.3) is 11.8 Å². The summed E-state index contributed by atoms with van der Waals surface area (Å²) >= 11 is 12.4. The van der Waals surface area contributed by atoms with E-state index in [1.807, 2.05) is 39.0 Å². The van der Waals surface area contributed by atoms with E-state index in [0.29, 0.717) is 40.2 Å². The number of amides is 2. The predicted molar refractivity (Wildman–Crippen MR) is 121 cm³/mol. The Morgan fingerprint density at radius 3 is 2.50 bits per heavy atom. The molecule has 5 nitrogen and oxygen atoms in total. The highest BCUT2D eigenvalue weighted by Gasteiger charge is 2.40. The van der Waals surface area contributed by atoms with E-state index in [2.05, 4.69) is 5.32 Å². The minimum atomic E-state index is -0.380. The molecule has 0 aliphatic carbocycles. The van der Waals surface area contributed by atoms with Crippen LogP contribution < -0.4 is 10.1 Å². The second-order valence-electron chi connectivity index (χ2n) is 7.49. The van der Waals surface area contributed by atoms with Crippen LogP contribution in [0.3, 0.4) is 0 Å². The number of rotatable bonds is 8. The lowest BCUT2D eigenvalue weighted by molar-refractivity contribution is -0.137. The fourth-order valence-corrected chi connectivity index (χ4v) is 3.70. The van der Waals surface area contributed by atoms with E-state index in [4.69, 9.17) is 27.9 Å². The fraction of sp³-hybridized carbons (Fsp3) is 0.304. The van der Waals surface area contributed by atoms with E-state index in [-0.39, 0.29) is 29.0 Å². The number of nitrogens with zero attached hydrogens (tertiary/aromatic N) is 1. The molecule has 0 radical (unpaired) electrons. The second kappa shape index (κ2) is 9.54. The van der Waals surface area contributed by atoms with Crippen molar-refractivity contribution >= 4 is 46.3 Å². The number of anilines is 1. The van der Waals surface area contributed by atoms with E-state index >= 15 is 0 Å². The fourth-order valence-electron chi connectivity index (χ4n) is 3.19. The molecule has 0 atom stereocenters. The highest BCUT2D eigenvalue weighted by atomic mass is 35.5. The zero-order chi connectivity index (χ0) is 21.8. The van der Waals surface area contributed by atoms with Crippen molar-refractivity contribution in [3.8, 4) is 5.75 Å². The Bertz CT molecular complexity index is 1000. The summed E-state index contributed by atoms with van der Waals surface area (Å²) in [5.74, 6) is 0.0581. The third kappa shape index (κ3) is 4.79. The Morgan fingerprint density at radius 2 is 1.83 bits per heavy atom. The molecule has 30 heavy (non-hydrogen) atoms. The van der Waals surface area contributed by atoms with Gasteiger partial charge in [-0.2, -0.15) is 0 Å². The van der Waals surface area contributed by atoms with Crippen LogP contribution in [0.2, 0.25) is 10.0 Å². The number of hydrogen-bond donors (Lipinski definition) is 1. The van der Waals surface area contributed by atoms with Crippen LogP contribution in [0.4, 0.5) is 5.69 Å². The van der Waals surface area contributed by atoms with Gasteiger partial charge in [-0.3, -0.25) is 14.5 Å². The van der Waals surface area contributed by atoms with Gasteiger partial charge in [0.15, 0.2) is 0 Å². The number of nitrogens with one attached hydrogen (secondary N) is 1. The molecule has 0 unspecified atom stereocenters. The molecule has 7 heteroatoms. The molecule has 1 aliphatic heterocycles. The van der Waals surface area contributed by atoms with Crippen LogP contribution in [0.1, 0.15) is 32.8 Å². The predicted octanol–water partition coefficient (Wildman–Crippen LogP) is 5.63. The van der Waals surface area contributed by atoms with Crippen molar-refractivity contribution in [1.29, 1.82) is 0 Å². The van der Waals surface area contributed by atoms with Crippen molar-refractivity contribution in [1.82, 2.24) is 4.90 Å². The molecule has 2 amide bonds. The number of benzene rings is 2. The third-order valence-corrected chi connectivity index (χ3v) is 5.04. The smallest absolute Gasteiger partial charge is 0.278 e. The lowest BCUT2D eigenvalue weighted by Crippen LogP contribution is -2.35. The van der Waals surface area contributed by atoms with Gasteiger partial charge in [-0.05, 0) is 36.6 Å². The quantitative estimate of drug-likeness (QED) is 0.533. The summed E-state index contributed by atoms with van der Waals surface area (Å²) < 4.78 is 5.67. The van der Waals surface area contributed by atoms with Gasteiger partial charge >= 0.3 is 0 Å². The van der Waals surface area contributed by atoms with Crippen LogP contribution in [0.25, 0.3) is 5.57 Å². The first-order valence-electron chi connectivity index (χ1n) is 9.87. The number of ether oxygens (including phenoxy) is 1. The Labute approximate surface area is 186 Å². The van der Waals surface area contributed by atoms with Gasteiger partial charge in [-0.15, -0.1) is 0 Å². The SMILES string of the molecule is CCCOc1cccc(NC2=C(c3ccc(Cl)cc3Cl)C(=O)N(CC(C)C)C2=O)c1. The summed E-state index contributed by atoms with van der Waals surface area (Å²) in [5.41, 5.74) is 1.54. The van der Waals surface area contributed by atoms with Crippen molar-refractivity contribution in [2.45, 2.75) is 27.2 Å². The van der Waals surface area contributed by atoms with Gasteiger partial charge in [0.2, 0.25) is 0 Å². The molecule has 0 aromatic heterocycles. The molecule has 0 fully saturated rings. The molecule has 0 spiro atoms. The highest BCUT2D eigenvalue weighted by Crippen LogP contribution is 2.36. The molecule has 158 valence electrons. The molecule has 2 aromatic carbocycles. The van der Waals surface area contributed by atoms with Crippen molar-refractivity contribution in [3.63, 3.8) is 0 Å². The number of hydrogen-bond acceptors (Lipinski definition) is 4. The van der Waals surface area contributed by atoms with Crippen LogP contribution in [0.5, 0.6) is 5.75 Å². The van der Waals surface area contributed by atoms with E-state index in [9.17, 15) is 9.59 Å². The Hall–Kier alpha value is -2.50. The Balaban J connectivity index is 2.04. The maximum absolute atomic E-state index is 13.2. The van der Waals surface area contributed by atoms with Gasteiger partial charge in [0.1, 0.15) is 11.4 Å². The van der Waals surface area contributed by atoms with Gasteiger partial charge in [0.05, 0.1) is 17.2 Å². The van der Waals surface area contributed by atoms with Gasteiger partial charge in [-0.1, -0.05) is 56.1 Å². The summed E-state index contributed by atoms with van der Waals surface area (Å²) in [6.07, 6.45) is 0.888. The molecular formula is C23H24Cl2N2O3. The van der Waals surface area contributed by atoms with Crippen LogP contribution in [-0.4, -0.2) is 29.9 Å². The van der Waals surface area contributed by atoms with Crippen molar-refractivity contribution in [3.05, 3.63) is 63.8 Å². The Morgan fingerprint density at radius 1 is 1.07 bits per heavy atom. The standard InChI is InChI=1S/C23H24Cl2N2O3/c1-4-10-30-17-7-5-6-16(12-17)26-21-20(18-9-8-15(24)11-19(18)25)22(28)27(23(21)29)13-14(2)3/h5-9,11-12,14,26H,4,10,13H2,1-3H3. The topological polar surface area (TPSA) is 58.6 Å². The lowest BCUT2D eigenvalue weighted by Gasteiger charge is -2.17. The second-order valence-corrected chi connectivity index (χ2v) is 8.33. The molecule has 3 rings (SSSR count). The zero-order valence-electron chi connectivity index (χ0n) is 17.2. The summed E-state index contributed by atoms with van der Waals surface area (Å²) in [5, 5.41) is 3.89. The van der Waals surface area contributed by atoms with Gasteiger partial charge in [-0.25, -0.2) is 0 Å². The molecule has 0 saturated carbocycles. The van der Waals surface area contributed by atoms with Crippen LogP contribution in [0, 0.1) is 5.92 Å². The minimum absolute atomic E-state index is 0.130. The summed E-state index contributed by atoms with van der Waals surface area (Å²) in [4.78, 5) is 27.6. The monoisotopic (exact) mass is 446 g/mol. The number of imide groups is 1. The number of carbonyl (C=O) groups excluding carboxylic acids is 2. The average Bonchev–Trinajstić information content (AvgIpc) is 2.91. The number of halogens is 2. The Kier molecular flexibility index (Phi) is 7.06. The third-order valence-electron chi connectivity index (χ3n) is 4.49. The maximum atomic E-state index is 13.2. The molecule has 1 heterocycles. The zero-order valence-corrected chi connectivity index (χ0v) is 18.7. The molecule has 2 aromatic rings. The van der Waals surface area contributed by atoms with Crippen molar-refractivity contribution in [2.24, 2.45) is 5.92 Å². The van der Waals surface area contributed by atoms with E-state index in [0.717, 1.165) is 6.42 Å². The van der Waals surface area contributed by atoms with Gasteiger partial charge in [0, 0.05) is 28.9 Å². The van der Waals surface area contributed by atoms with E-state index < -0.39 is 0 Å². The van der Waals surface area contributed by atoms with Gasteiger partial charge < -0.3 is 10.1 Å². The highest BCUT2D eigenvalue weighted by molar-refractivity contribution is 6.41. The van der Waals surface area contributed by atoms with Crippen LogP contribution in [-0.2, 0) is 9.59 Å². The number of carbonyl (C=O) groups is 2. The molecule has 0 bridgehead atoms. The van der Waals surface area contributed by atoms with Crippen LogP contribution in [0.15, 0.2) is 48.2 Å². The summed E-state index contributed by atoms with van der Waals surface area (Å²) in [6.45, 7) is 6.85. The van der Waals surface area contributed by atoms with E-state index in [1.54, 1.807) is 24.3 Å². The summed E-state index contributed by atoms with van der Waals surface area (Å²) in [6, 6.07) is 12.2. The largest absolute Gasteiger partial charge is 0.494 e. The minimum Gasteiger partial charge on any atom is -0.494 e. The van der Waals surface area contributed by atoms with Crippen LogP contribution >= 0.6 is 23.2 Å². The summed E-state index contributed by atoms with van der Waals surface area (Å²) in [7, 11) is 0.